The first kappa shape index (κ1) is 13.1. The van der Waals surface area contributed by atoms with Crippen LogP contribution < -0.4 is 5.32 Å². The Morgan fingerprint density at radius 3 is 2.72 bits per heavy atom. The number of pyridine rings is 1. The molecule has 2 rings (SSSR count). The van der Waals surface area contributed by atoms with Crippen LogP contribution >= 0.6 is 11.6 Å². The van der Waals surface area contributed by atoms with E-state index in [0.29, 0.717) is 5.69 Å². The van der Waals surface area contributed by atoms with E-state index < -0.39 is 11.7 Å². The van der Waals surface area contributed by atoms with Gasteiger partial charge in [0.05, 0.1) is 10.6 Å². The van der Waals surface area contributed by atoms with Crippen molar-refractivity contribution < 1.29 is 9.53 Å². The lowest BCUT2D eigenvalue weighted by molar-refractivity contribution is 0.0636. The minimum Gasteiger partial charge on any atom is -0.444 e. The van der Waals surface area contributed by atoms with Crippen LogP contribution in [0.4, 0.5) is 10.5 Å². The maximum atomic E-state index is 11.7. The lowest BCUT2D eigenvalue weighted by Crippen LogP contribution is -2.27. The highest BCUT2D eigenvalue weighted by Gasteiger charge is 2.44. The number of carbonyl (C=O) groups excluding carboxylic acids is 1. The highest BCUT2D eigenvalue weighted by molar-refractivity contribution is 6.26. The van der Waals surface area contributed by atoms with Crippen molar-refractivity contribution in [3.05, 3.63) is 24.0 Å². The van der Waals surface area contributed by atoms with Gasteiger partial charge in [-0.1, -0.05) is 0 Å². The van der Waals surface area contributed by atoms with Crippen molar-refractivity contribution in [2.75, 3.05) is 5.32 Å². The summed E-state index contributed by atoms with van der Waals surface area (Å²) in [6.07, 6.45) is 4.66. The van der Waals surface area contributed by atoms with Gasteiger partial charge in [0.25, 0.3) is 0 Å². The number of alkyl halides is 1. The molecule has 1 amide bonds. The third-order valence-corrected chi connectivity index (χ3v) is 3.21. The van der Waals surface area contributed by atoms with Crippen molar-refractivity contribution in [2.45, 2.75) is 44.1 Å². The molecule has 98 valence electrons. The van der Waals surface area contributed by atoms with E-state index in [0.717, 1.165) is 18.4 Å². The molecule has 0 spiro atoms. The summed E-state index contributed by atoms with van der Waals surface area (Å²) in [6, 6.07) is 1.74. The van der Waals surface area contributed by atoms with Gasteiger partial charge in [0, 0.05) is 18.0 Å². The molecule has 1 fully saturated rings. The summed E-state index contributed by atoms with van der Waals surface area (Å²) in [5, 5.41) is 2.73. The molecule has 0 aliphatic heterocycles. The zero-order chi connectivity index (χ0) is 13.4. The number of carbonyl (C=O) groups is 1. The molecular formula is C13H17ClN2O2. The average molecular weight is 269 g/mol. The number of hydrogen-bond donors (Lipinski definition) is 1. The molecule has 1 N–H and O–H groups in total. The van der Waals surface area contributed by atoms with Crippen LogP contribution in [0.5, 0.6) is 0 Å². The molecule has 1 aliphatic carbocycles. The van der Waals surface area contributed by atoms with E-state index in [1.165, 1.54) is 0 Å². The third kappa shape index (κ3) is 3.13. The fraction of sp³-hybridized carbons (Fsp3) is 0.538. The summed E-state index contributed by atoms with van der Waals surface area (Å²) < 4.78 is 5.22. The van der Waals surface area contributed by atoms with Crippen molar-refractivity contribution >= 4 is 23.4 Å². The molecule has 4 nitrogen and oxygen atoms in total. The Hall–Kier alpha value is -1.29. The number of amides is 1. The van der Waals surface area contributed by atoms with Gasteiger partial charge in [-0.2, -0.15) is 0 Å². The maximum absolute atomic E-state index is 11.7. The van der Waals surface area contributed by atoms with Gasteiger partial charge in [-0.15, -0.1) is 11.6 Å². The first-order valence-corrected chi connectivity index (χ1v) is 6.31. The summed E-state index contributed by atoms with van der Waals surface area (Å²) >= 11 is 6.36. The maximum Gasteiger partial charge on any atom is 0.412 e. The molecule has 0 aromatic carbocycles. The first-order valence-electron chi connectivity index (χ1n) is 5.94. The fourth-order valence-corrected chi connectivity index (χ4v) is 1.90. The Morgan fingerprint density at radius 1 is 1.50 bits per heavy atom. The number of anilines is 1. The number of nitrogens with zero attached hydrogens (tertiary/aromatic N) is 1. The monoisotopic (exact) mass is 268 g/mol. The van der Waals surface area contributed by atoms with Gasteiger partial charge in [-0.3, -0.25) is 10.3 Å². The highest BCUT2D eigenvalue weighted by atomic mass is 35.5. The summed E-state index contributed by atoms with van der Waals surface area (Å²) in [5.41, 5.74) is 1.01. The van der Waals surface area contributed by atoms with Crippen LogP contribution in [0, 0.1) is 0 Å². The van der Waals surface area contributed by atoms with Gasteiger partial charge < -0.3 is 4.74 Å². The Bertz CT molecular complexity index is 464. The van der Waals surface area contributed by atoms with E-state index in [9.17, 15) is 4.79 Å². The molecule has 0 bridgehead atoms. The zero-order valence-electron chi connectivity index (χ0n) is 10.8. The van der Waals surface area contributed by atoms with Crippen molar-refractivity contribution in [2.24, 2.45) is 0 Å². The van der Waals surface area contributed by atoms with Crippen molar-refractivity contribution in [3.63, 3.8) is 0 Å². The van der Waals surface area contributed by atoms with Crippen LogP contribution in [-0.2, 0) is 9.61 Å². The molecule has 1 heterocycles. The van der Waals surface area contributed by atoms with Crippen LogP contribution in [0.2, 0.25) is 0 Å². The van der Waals surface area contributed by atoms with E-state index in [2.05, 4.69) is 10.3 Å². The molecule has 5 heteroatoms. The number of hydrogen-bond acceptors (Lipinski definition) is 3. The van der Waals surface area contributed by atoms with Gasteiger partial charge >= 0.3 is 6.09 Å². The number of halogens is 1. The van der Waals surface area contributed by atoms with E-state index >= 15 is 0 Å². The lowest BCUT2D eigenvalue weighted by Gasteiger charge is -2.21. The van der Waals surface area contributed by atoms with Gasteiger partial charge in [0.1, 0.15) is 5.60 Å². The van der Waals surface area contributed by atoms with Gasteiger partial charge in [0.15, 0.2) is 0 Å². The second-order valence-corrected chi connectivity index (χ2v) is 6.24. The smallest absolute Gasteiger partial charge is 0.412 e. The number of ether oxygens (including phenoxy) is 1. The predicted octanol–water partition coefficient (Wildman–Crippen LogP) is 3.66. The van der Waals surface area contributed by atoms with E-state index in [1.54, 1.807) is 18.5 Å². The van der Waals surface area contributed by atoms with Gasteiger partial charge in [-0.25, -0.2) is 4.79 Å². The molecule has 1 aromatic heterocycles. The van der Waals surface area contributed by atoms with Crippen molar-refractivity contribution in [1.82, 2.24) is 4.98 Å². The SMILES string of the molecule is CC(C)(C)OC(=O)Nc1ccncc1C1(Cl)CC1. The van der Waals surface area contributed by atoms with Crippen LogP contribution in [-0.4, -0.2) is 16.7 Å². The summed E-state index contributed by atoms with van der Waals surface area (Å²) in [7, 11) is 0. The van der Waals surface area contributed by atoms with E-state index in [4.69, 9.17) is 16.3 Å². The van der Waals surface area contributed by atoms with Crippen LogP contribution in [0.1, 0.15) is 39.2 Å². The second kappa shape index (κ2) is 4.43. The first-order chi connectivity index (χ1) is 8.30. The summed E-state index contributed by atoms with van der Waals surface area (Å²) in [6.45, 7) is 5.47. The topological polar surface area (TPSA) is 51.2 Å². The number of aromatic nitrogens is 1. The minimum atomic E-state index is -0.518. The number of nitrogens with one attached hydrogen (secondary N) is 1. The normalized spacial score (nSPS) is 17.1. The molecule has 0 atom stereocenters. The van der Waals surface area contributed by atoms with Gasteiger partial charge in [0.2, 0.25) is 0 Å². The Morgan fingerprint density at radius 2 is 2.17 bits per heavy atom. The van der Waals surface area contributed by atoms with Crippen LogP contribution in [0.15, 0.2) is 18.5 Å². The fourth-order valence-electron chi connectivity index (χ4n) is 1.65. The molecule has 0 saturated heterocycles. The Kier molecular flexibility index (Phi) is 3.23. The van der Waals surface area contributed by atoms with Crippen LogP contribution in [0.3, 0.4) is 0 Å². The molecular weight excluding hydrogens is 252 g/mol. The quantitative estimate of drug-likeness (QED) is 0.833. The molecule has 1 aromatic rings. The second-order valence-electron chi connectivity index (χ2n) is 5.51. The molecule has 18 heavy (non-hydrogen) atoms. The van der Waals surface area contributed by atoms with Crippen molar-refractivity contribution in [1.29, 1.82) is 0 Å². The highest BCUT2D eigenvalue weighted by Crippen LogP contribution is 2.53. The predicted molar refractivity (Wildman–Crippen MR) is 70.9 cm³/mol. The van der Waals surface area contributed by atoms with Crippen LogP contribution in [0.25, 0.3) is 0 Å². The largest absolute Gasteiger partial charge is 0.444 e. The van der Waals surface area contributed by atoms with E-state index in [-0.39, 0.29) is 4.87 Å². The molecule has 1 saturated carbocycles. The summed E-state index contributed by atoms with van der Waals surface area (Å²) in [4.78, 5) is 15.4. The summed E-state index contributed by atoms with van der Waals surface area (Å²) in [5.74, 6) is 0. The molecule has 1 aliphatic rings. The Labute approximate surface area is 112 Å². The number of rotatable bonds is 2. The average Bonchev–Trinajstić information content (AvgIpc) is 2.95. The Balaban J connectivity index is 2.12. The van der Waals surface area contributed by atoms with Gasteiger partial charge in [-0.05, 0) is 39.7 Å². The standard InChI is InChI=1S/C13H17ClN2O2/c1-12(2,3)18-11(17)16-10-4-7-15-8-9(10)13(14)5-6-13/h4,7-8H,5-6H2,1-3H3,(H,15,16,17). The third-order valence-electron chi connectivity index (χ3n) is 2.63. The molecule has 0 radical (unpaired) electrons. The molecule has 0 unspecified atom stereocenters. The minimum absolute atomic E-state index is 0.362. The zero-order valence-corrected chi connectivity index (χ0v) is 11.5. The van der Waals surface area contributed by atoms with Crippen molar-refractivity contribution in [3.8, 4) is 0 Å². The van der Waals surface area contributed by atoms with E-state index in [1.807, 2.05) is 20.8 Å². The lowest BCUT2D eigenvalue weighted by atomic mass is 10.1.